The fourth-order valence-corrected chi connectivity index (χ4v) is 3.25. The number of nitrogens with one attached hydrogen (secondary N) is 1. The van der Waals surface area contributed by atoms with Gasteiger partial charge < -0.3 is 0 Å². The summed E-state index contributed by atoms with van der Waals surface area (Å²) in [6.07, 6.45) is 3.94. The van der Waals surface area contributed by atoms with E-state index in [2.05, 4.69) is 45.6 Å². The Balaban J connectivity index is 1.93. The van der Waals surface area contributed by atoms with E-state index in [1.807, 2.05) is 18.2 Å². The monoisotopic (exact) mass is 364 g/mol. The SMILES string of the molecule is NNC(c1cccc(C2CCC2)c1)c1ccc(Br)c(Cl)c1. The Hall–Kier alpha value is -0.870. The number of nitrogens with two attached hydrogens (primary N) is 1. The molecule has 1 aliphatic rings. The van der Waals surface area contributed by atoms with Gasteiger partial charge >= 0.3 is 0 Å². The summed E-state index contributed by atoms with van der Waals surface area (Å²) in [7, 11) is 0. The quantitative estimate of drug-likeness (QED) is 0.596. The van der Waals surface area contributed by atoms with E-state index in [0.29, 0.717) is 5.02 Å². The number of benzene rings is 2. The number of halogens is 2. The van der Waals surface area contributed by atoms with E-state index in [1.165, 1.54) is 30.4 Å². The second-order valence-corrected chi connectivity index (χ2v) is 6.83. The third-order valence-electron chi connectivity index (χ3n) is 4.26. The number of hydrogen-bond donors (Lipinski definition) is 2. The maximum atomic E-state index is 6.20. The molecule has 0 aromatic heterocycles. The molecular weight excluding hydrogens is 348 g/mol. The fraction of sp³-hybridized carbons (Fsp3) is 0.294. The molecule has 4 heteroatoms. The van der Waals surface area contributed by atoms with Crippen molar-refractivity contribution in [2.24, 2.45) is 5.84 Å². The van der Waals surface area contributed by atoms with Gasteiger partial charge in [0.25, 0.3) is 0 Å². The highest BCUT2D eigenvalue weighted by Crippen LogP contribution is 2.37. The van der Waals surface area contributed by atoms with E-state index < -0.39 is 0 Å². The summed E-state index contributed by atoms with van der Waals surface area (Å²) in [5.74, 6) is 6.51. The van der Waals surface area contributed by atoms with Crippen molar-refractivity contribution in [2.45, 2.75) is 31.2 Å². The van der Waals surface area contributed by atoms with Crippen LogP contribution in [0.5, 0.6) is 0 Å². The van der Waals surface area contributed by atoms with Gasteiger partial charge in [-0.2, -0.15) is 0 Å². The van der Waals surface area contributed by atoms with Crippen molar-refractivity contribution in [3.63, 3.8) is 0 Å². The first kappa shape index (κ1) is 15.0. The van der Waals surface area contributed by atoms with Gasteiger partial charge in [-0.15, -0.1) is 0 Å². The van der Waals surface area contributed by atoms with Crippen molar-refractivity contribution in [2.75, 3.05) is 0 Å². The van der Waals surface area contributed by atoms with Gasteiger partial charge in [-0.3, -0.25) is 5.84 Å². The van der Waals surface area contributed by atoms with Crippen molar-refractivity contribution in [1.82, 2.24) is 5.43 Å². The lowest BCUT2D eigenvalue weighted by Crippen LogP contribution is -2.29. The van der Waals surface area contributed by atoms with E-state index in [4.69, 9.17) is 17.4 Å². The van der Waals surface area contributed by atoms with Crippen molar-refractivity contribution in [3.05, 3.63) is 68.7 Å². The van der Waals surface area contributed by atoms with Crippen LogP contribution in [0.15, 0.2) is 46.9 Å². The molecule has 1 atom stereocenters. The van der Waals surface area contributed by atoms with Gasteiger partial charge in [0.15, 0.2) is 0 Å². The molecule has 0 bridgehead atoms. The molecule has 0 saturated heterocycles. The second-order valence-electron chi connectivity index (χ2n) is 5.57. The van der Waals surface area contributed by atoms with Crippen LogP contribution in [0.1, 0.15) is 47.9 Å². The first-order chi connectivity index (χ1) is 10.2. The molecule has 0 heterocycles. The first-order valence-electron chi connectivity index (χ1n) is 7.20. The van der Waals surface area contributed by atoms with E-state index in [1.54, 1.807) is 0 Å². The predicted octanol–water partition coefficient (Wildman–Crippen LogP) is 4.92. The van der Waals surface area contributed by atoms with Gasteiger partial charge in [-0.05, 0) is 63.5 Å². The summed E-state index contributed by atoms with van der Waals surface area (Å²) in [4.78, 5) is 0. The summed E-state index contributed by atoms with van der Waals surface area (Å²) >= 11 is 9.62. The summed E-state index contributed by atoms with van der Waals surface area (Å²) in [6.45, 7) is 0. The van der Waals surface area contributed by atoms with Crippen molar-refractivity contribution < 1.29 is 0 Å². The second kappa shape index (κ2) is 6.49. The summed E-state index contributed by atoms with van der Waals surface area (Å²) in [6, 6.07) is 14.6. The minimum Gasteiger partial charge on any atom is -0.271 e. The third-order valence-corrected chi connectivity index (χ3v) is 5.50. The predicted molar refractivity (Wildman–Crippen MR) is 91.4 cm³/mol. The fourth-order valence-electron chi connectivity index (χ4n) is 2.81. The van der Waals surface area contributed by atoms with Crippen LogP contribution < -0.4 is 11.3 Å². The van der Waals surface area contributed by atoms with Crippen LogP contribution in [0.4, 0.5) is 0 Å². The van der Waals surface area contributed by atoms with Gasteiger partial charge in [0, 0.05) is 4.47 Å². The van der Waals surface area contributed by atoms with Gasteiger partial charge in [-0.1, -0.05) is 48.4 Å². The molecule has 2 aromatic rings. The molecule has 1 saturated carbocycles. The van der Waals surface area contributed by atoms with Crippen LogP contribution in [0, 0.1) is 0 Å². The molecule has 2 aromatic carbocycles. The van der Waals surface area contributed by atoms with Crippen LogP contribution >= 0.6 is 27.5 Å². The standard InChI is InChI=1S/C17H18BrClN2/c18-15-8-7-14(10-16(15)19)17(21-20)13-6-2-5-12(9-13)11-3-1-4-11/h2,5-11,17,21H,1,3-4,20H2. The Morgan fingerprint density at radius 3 is 2.52 bits per heavy atom. The molecular formula is C17H18BrClN2. The number of hydrogen-bond acceptors (Lipinski definition) is 2. The van der Waals surface area contributed by atoms with Gasteiger partial charge in [-0.25, -0.2) is 5.43 Å². The highest BCUT2D eigenvalue weighted by Gasteiger charge is 2.21. The highest BCUT2D eigenvalue weighted by molar-refractivity contribution is 9.10. The highest BCUT2D eigenvalue weighted by atomic mass is 79.9. The zero-order valence-electron chi connectivity index (χ0n) is 11.7. The van der Waals surface area contributed by atoms with E-state index in [0.717, 1.165) is 16.0 Å². The summed E-state index contributed by atoms with van der Waals surface area (Å²) in [5, 5.41) is 0.697. The van der Waals surface area contributed by atoms with Gasteiger partial charge in [0.1, 0.15) is 0 Å². The first-order valence-corrected chi connectivity index (χ1v) is 8.37. The zero-order valence-corrected chi connectivity index (χ0v) is 14.0. The molecule has 3 rings (SSSR count). The molecule has 0 radical (unpaired) electrons. The van der Waals surface area contributed by atoms with Crippen LogP contribution in [0.2, 0.25) is 5.02 Å². The average Bonchev–Trinajstić information content (AvgIpc) is 2.42. The third kappa shape index (κ3) is 3.16. The van der Waals surface area contributed by atoms with Crippen LogP contribution in [-0.2, 0) is 0 Å². The van der Waals surface area contributed by atoms with Crippen LogP contribution in [-0.4, -0.2) is 0 Å². The van der Waals surface area contributed by atoms with Crippen molar-refractivity contribution in [3.8, 4) is 0 Å². The van der Waals surface area contributed by atoms with E-state index >= 15 is 0 Å². The minimum absolute atomic E-state index is 0.0457. The summed E-state index contributed by atoms with van der Waals surface area (Å²) in [5.41, 5.74) is 6.58. The molecule has 0 aliphatic heterocycles. The molecule has 1 unspecified atom stereocenters. The minimum atomic E-state index is -0.0457. The Morgan fingerprint density at radius 2 is 1.90 bits per heavy atom. The molecule has 1 aliphatic carbocycles. The normalized spacial score (nSPS) is 16.5. The Bertz CT molecular complexity index is 640. The lowest BCUT2D eigenvalue weighted by Gasteiger charge is -2.27. The molecule has 1 fully saturated rings. The van der Waals surface area contributed by atoms with E-state index in [9.17, 15) is 0 Å². The number of rotatable bonds is 4. The molecule has 0 spiro atoms. The van der Waals surface area contributed by atoms with Gasteiger partial charge in [0.2, 0.25) is 0 Å². The summed E-state index contributed by atoms with van der Waals surface area (Å²) < 4.78 is 0.895. The Kier molecular flexibility index (Phi) is 4.65. The molecule has 21 heavy (non-hydrogen) atoms. The number of hydrazine groups is 1. The van der Waals surface area contributed by atoms with Crippen molar-refractivity contribution >= 4 is 27.5 Å². The topological polar surface area (TPSA) is 38.0 Å². The largest absolute Gasteiger partial charge is 0.271 e. The van der Waals surface area contributed by atoms with Crippen LogP contribution in [0.25, 0.3) is 0 Å². The molecule has 2 nitrogen and oxygen atoms in total. The Morgan fingerprint density at radius 1 is 1.14 bits per heavy atom. The van der Waals surface area contributed by atoms with Crippen LogP contribution in [0.3, 0.4) is 0 Å². The van der Waals surface area contributed by atoms with E-state index in [-0.39, 0.29) is 6.04 Å². The Labute approximate surface area is 138 Å². The van der Waals surface area contributed by atoms with Crippen molar-refractivity contribution in [1.29, 1.82) is 0 Å². The molecule has 110 valence electrons. The smallest absolute Gasteiger partial charge is 0.0710 e. The molecule has 3 N–H and O–H groups in total. The lowest BCUT2D eigenvalue weighted by atomic mass is 9.79. The maximum Gasteiger partial charge on any atom is 0.0710 e. The zero-order chi connectivity index (χ0) is 14.8. The van der Waals surface area contributed by atoms with Gasteiger partial charge in [0.05, 0.1) is 11.1 Å². The average molecular weight is 366 g/mol. The molecule has 0 amide bonds. The lowest BCUT2D eigenvalue weighted by molar-refractivity contribution is 0.419. The maximum absolute atomic E-state index is 6.20.